The predicted molar refractivity (Wildman–Crippen MR) is 135 cm³/mol. The van der Waals surface area contributed by atoms with Gasteiger partial charge >= 0.3 is 0 Å². The minimum atomic E-state index is 0.0705. The molecule has 2 aromatic carbocycles. The smallest absolute Gasteiger partial charge is 0.254 e. The second-order valence-electron chi connectivity index (χ2n) is 9.34. The summed E-state index contributed by atoms with van der Waals surface area (Å²) in [6, 6.07) is 18.2. The van der Waals surface area contributed by atoms with Crippen molar-refractivity contribution in [2.45, 2.75) is 13.5 Å². The molecule has 35 heavy (non-hydrogen) atoms. The number of aromatic nitrogens is 2. The van der Waals surface area contributed by atoms with E-state index in [2.05, 4.69) is 23.1 Å². The Morgan fingerprint density at radius 1 is 0.971 bits per heavy atom. The fraction of sp³-hybridized carbons (Fsp3) is 0.286. The fourth-order valence-corrected chi connectivity index (χ4v) is 4.95. The van der Waals surface area contributed by atoms with Gasteiger partial charge in [0.25, 0.3) is 5.91 Å². The maximum atomic E-state index is 13.8. The molecule has 0 aliphatic carbocycles. The molecule has 0 bridgehead atoms. The number of pyridine rings is 1. The van der Waals surface area contributed by atoms with Crippen molar-refractivity contribution in [1.29, 1.82) is 0 Å². The molecular weight excluding hydrogens is 440 g/mol. The van der Waals surface area contributed by atoms with Gasteiger partial charge in [0.2, 0.25) is 6.79 Å². The van der Waals surface area contributed by atoms with Crippen molar-refractivity contribution >= 4 is 16.8 Å². The highest BCUT2D eigenvalue weighted by Crippen LogP contribution is 2.33. The van der Waals surface area contributed by atoms with E-state index in [4.69, 9.17) is 14.5 Å². The topological polar surface area (TPSA) is 59.8 Å². The Morgan fingerprint density at radius 2 is 1.80 bits per heavy atom. The molecule has 6 rings (SSSR count). The van der Waals surface area contributed by atoms with Crippen LogP contribution >= 0.6 is 0 Å². The molecule has 1 saturated heterocycles. The van der Waals surface area contributed by atoms with Crippen LogP contribution < -0.4 is 9.47 Å². The zero-order chi connectivity index (χ0) is 23.9. The van der Waals surface area contributed by atoms with Crippen LogP contribution in [0.5, 0.6) is 11.5 Å². The van der Waals surface area contributed by atoms with E-state index in [9.17, 15) is 4.79 Å². The van der Waals surface area contributed by atoms with Crippen LogP contribution in [0.1, 0.15) is 21.5 Å². The van der Waals surface area contributed by atoms with E-state index in [1.807, 2.05) is 66.0 Å². The number of aryl methyl sites for hydroxylation is 2. The Hall–Kier alpha value is -3.84. The quantitative estimate of drug-likeness (QED) is 0.449. The van der Waals surface area contributed by atoms with Crippen molar-refractivity contribution in [1.82, 2.24) is 19.4 Å². The van der Waals surface area contributed by atoms with Gasteiger partial charge in [-0.05, 0) is 55.0 Å². The van der Waals surface area contributed by atoms with Crippen LogP contribution in [0.3, 0.4) is 0 Å². The second kappa shape index (κ2) is 8.74. The van der Waals surface area contributed by atoms with E-state index in [1.165, 1.54) is 5.56 Å². The zero-order valence-corrected chi connectivity index (χ0v) is 20.0. The number of carbonyl (C=O) groups is 1. The Labute approximate surface area is 204 Å². The summed E-state index contributed by atoms with van der Waals surface area (Å²) >= 11 is 0. The molecule has 2 aliphatic rings. The largest absolute Gasteiger partial charge is 0.454 e. The first kappa shape index (κ1) is 21.7. The molecule has 1 amide bonds. The highest BCUT2D eigenvalue weighted by Gasteiger charge is 2.25. The lowest BCUT2D eigenvalue weighted by molar-refractivity contribution is 0.0630. The average molecular weight is 469 g/mol. The first-order chi connectivity index (χ1) is 17.0. The minimum absolute atomic E-state index is 0.0705. The first-order valence-electron chi connectivity index (χ1n) is 12.0. The molecule has 0 atom stereocenters. The van der Waals surface area contributed by atoms with Gasteiger partial charge in [0.15, 0.2) is 11.5 Å². The summed E-state index contributed by atoms with van der Waals surface area (Å²) in [5, 5.41) is 0.913. The van der Waals surface area contributed by atoms with Gasteiger partial charge in [0, 0.05) is 51.4 Å². The summed E-state index contributed by atoms with van der Waals surface area (Å²) in [7, 11) is 2.00. The third-order valence-electron chi connectivity index (χ3n) is 6.90. The van der Waals surface area contributed by atoms with Crippen molar-refractivity contribution in [3.8, 4) is 22.9 Å². The van der Waals surface area contributed by atoms with E-state index < -0.39 is 0 Å². The molecule has 2 aliphatic heterocycles. The van der Waals surface area contributed by atoms with Crippen LogP contribution in [0.15, 0.2) is 60.8 Å². The molecule has 4 aromatic rings. The number of piperazine rings is 1. The molecule has 178 valence electrons. The van der Waals surface area contributed by atoms with Crippen LogP contribution in [0.4, 0.5) is 0 Å². The average Bonchev–Trinajstić information content (AvgIpc) is 3.52. The molecule has 7 nitrogen and oxygen atoms in total. The first-order valence-corrected chi connectivity index (χ1v) is 12.0. The minimum Gasteiger partial charge on any atom is -0.454 e. The van der Waals surface area contributed by atoms with E-state index >= 15 is 0 Å². The highest BCUT2D eigenvalue weighted by molar-refractivity contribution is 6.07. The summed E-state index contributed by atoms with van der Waals surface area (Å²) in [6.45, 7) is 6.20. The van der Waals surface area contributed by atoms with E-state index in [0.717, 1.165) is 64.6 Å². The van der Waals surface area contributed by atoms with Gasteiger partial charge in [0.1, 0.15) is 0 Å². The van der Waals surface area contributed by atoms with Crippen molar-refractivity contribution in [3.05, 3.63) is 77.5 Å². The van der Waals surface area contributed by atoms with Gasteiger partial charge in [-0.15, -0.1) is 0 Å². The Balaban J connectivity index is 1.22. The number of nitrogens with zero attached hydrogens (tertiary/aromatic N) is 4. The summed E-state index contributed by atoms with van der Waals surface area (Å²) in [5.74, 6) is 1.69. The lowest BCUT2D eigenvalue weighted by atomic mass is 10.0. The third kappa shape index (κ3) is 4.12. The van der Waals surface area contributed by atoms with E-state index in [1.54, 1.807) is 0 Å². The second-order valence-corrected chi connectivity index (χ2v) is 9.34. The molecule has 4 heterocycles. The maximum absolute atomic E-state index is 13.8. The van der Waals surface area contributed by atoms with Crippen molar-refractivity contribution in [2.75, 3.05) is 33.0 Å². The highest BCUT2D eigenvalue weighted by atomic mass is 16.7. The molecule has 7 heteroatoms. The standard InChI is InChI=1S/C28H28N4O3/c1-19-5-7-23-21(14-19)22(16-24(29-23)25-4-3-9-30(25)2)28(33)32-12-10-31(11-13-32)17-20-6-8-26-27(15-20)35-18-34-26/h3-9,14-16H,10-13,17-18H2,1-2H3. The molecule has 0 saturated carbocycles. The van der Waals surface area contributed by atoms with Crippen LogP contribution in [-0.2, 0) is 13.6 Å². The van der Waals surface area contributed by atoms with Crippen molar-refractivity contribution in [2.24, 2.45) is 7.05 Å². The van der Waals surface area contributed by atoms with E-state index in [-0.39, 0.29) is 12.7 Å². The normalized spacial score (nSPS) is 15.7. The van der Waals surface area contributed by atoms with Crippen LogP contribution in [0.25, 0.3) is 22.3 Å². The maximum Gasteiger partial charge on any atom is 0.254 e. The molecule has 0 N–H and O–H groups in total. The van der Waals surface area contributed by atoms with Crippen LogP contribution in [0, 0.1) is 6.92 Å². The molecule has 1 fully saturated rings. The fourth-order valence-electron chi connectivity index (χ4n) is 4.95. The lowest BCUT2D eigenvalue weighted by Gasteiger charge is -2.35. The number of carbonyl (C=O) groups excluding carboxylic acids is 1. The number of amides is 1. The summed E-state index contributed by atoms with van der Waals surface area (Å²) in [5.41, 5.74) is 5.69. The van der Waals surface area contributed by atoms with Gasteiger partial charge in [-0.1, -0.05) is 17.7 Å². The van der Waals surface area contributed by atoms with Crippen molar-refractivity contribution in [3.63, 3.8) is 0 Å². The van der Waals surface area contributed by atoms with Crippen LogP contribution in [-0.4, -0.2) is 58.2 Å². The lowest BCUT2D eigenvalue weighted by Crippen LogP contribution is -2.48. The Morgan fingerprint density at radius 3 is 2.60 bits per heavy atom. The van der Waals surface area contributed by atoms with Crippen molar-refractivity contribution < 1.29 is 14.3 Å². The number of rotatable bonds is 4. The summed E-state index contributed by atoms with van der Waals surface area (Å²) < 4.78 is 13.0. The molecule has 0 radical (unpaired) electrons. The Bertz CT molecular complexity index is 1420. The molecule has 2 aromatic heterocycles. The number of hydrogen-bond acceptors (Lipinski definition) is 5. The van der Waals surface area contributed by atoms with E-state index in [0.29, 0.717) is 13.1 Å². The zero-order valence-electron chi connectivity index (χ0n) is 20.0. The SMILES string of the molecule is Cc1ccc2nc(-c3cccn3C)cc(C(=O)N3CCN(Cc4ccc5c(c4)OCO5)CC3)c2c1. The van der Waals surface area contributed by atoms with Gasteiger partial charge in [-0.3, -0.25) is 9.69 Å². The molecule has 0 spiro atoms. The summed E-state index contributed by atoms with van der Waals surface area (Å²) in [6.07, 6.45) is 2.00. The number of fused-ring (bicyclic) bond motifs is 2. The molecule has 0 unspecified atom stereocenters. The predicted octanol–water partition coefficient (Wildman–Crippen LogP) is 4.24. The summed E-state index contributed by atoms with van der Waals surface area (Å²) in [4.78, 5) is 23.0. The number of ether oxygens (including phenoxy) is 2. The van der Waals surface area contributed by atoms with Gasteiger partial charge < -0.3 is 18.9 Å². The van der Waals surface area contributed by atoms with Crippen LogP contribution in [0.2, 0.25) is 0 Å². The monoisotopic (exact) mass is 468 g/mol. The molecular formula is C28H28N4O3. The van der Waals surface area contributed by atoms with Gasteiger partial charge in [0.05, 0.1) is 22.5 Å². The van der Waals surface area contributed by atoms with Gasteiger partial charge in [-0.25, -0.2) is 4.98 Å². The van der Waals surface area contributed by atoms with Gasteiger partial charge in [-0.2, -0.15) is 0 Å². The number of benzene rings is 2. The third-order valence-corrected chi connectivity index (χ3v) is 6.90. The Kier molecular flexibility index (Phi) is 5.41. The number of hydrogen-bond donors (Lipinski definition) is 0.